The molecule has 0 aromatic heterocycles. The summed E-state index contributed by atoms with van der Waals surface area (Å²) < 4.78 is 18.4. The number of hydrogen-bond acceptors (Lipinski definition) is 2. The van der Waals surface area contributed by atoms with E-state index in [1.807, 2.05) is 0 Å². The first-order valence-electron chi connectivity index (χ1n) is 4.79. The molecule has 0 atom stereocenters. The molecule has 1 aromatic rings. The third kappa shape index (κ3) is 3.10. The number of carboxylic acid groups (broad SMARTS) is 1. The molecule has 0 saturated heterocycles. The Morgan fingerprint density at radius 2 is 2.25 bits per heavy atom. The first-order chi connectivity index (χ1) is 7.56. The van der Waals surface area contributed by atoms with Gasteiger partial charge in [0.25, 0.3) is 0 Å². The predicted molar refractivity (Wildman–Crippen MR) is 58.5 cm³/mol. The quantitative estimate of drug-likeness (QED) is 0.869. The third-order valence-electron chi connectivity index (χ3n) is 2.17. The van der Waals surface area contributed by atoms with Crippen LogP contribution in [0.4, 0.5) is 4.39 Å². The van der Waals surface area contributed by atoms with Crippen LogP contribution in [0.1, 0.15) is 18.4 Å². The van der Waals surface area contributed by atoms with Crippen LogP contribution in [0.5, 0.6) is 5.75 Å². The van der Waals surface area contributed by atoms with Gasteiger partial charge in [-0.25, -0.2) is 4.39 Å². The van der Waals surface area contributed by atoms with Gasteiger partial charge in [-0.3, -0.25) is 4.79 Å². The van der Waals surface area contributed by atoms with E-state index in [1.54, 1.807) is 6.07 Å². The van der Waals surface area contributed by atoms with E-state index >= 15 is 0 Å². The second-order valence-corrected chi connectivity index (χ2v) is 3.71. The van der Waals surface area contributed by atoms with Crippen LogP contribution in [0.25, 0.3) is 0 Å². The monoisotopic (exact) mass is 246 g/mol. The lowest BCUT2D eigenvalue weighted by Gasteiger charge is -2.09. The van der Waals surface area contributed by atoms with Gasteiger partial charge in [-0.1, -0.05) is 17.7 Å². The summed E-state index contributed by atoms with van der Waals surface area (Å²) >= 11 is 5.60. The van der Waals surface area contributed by atoms with Crippen molar-refractivity contribution < 1.29 is 19.0 Å². The number of aliphatic carboxylic acids is 1. The largest absolute Gasteiger partial charge is 0.493 e. The highest BCUT2D eigenvalue weighted by Crippen LogP contribution is 2.29. The molecular formula is C11H12ClFO3. The number of carbonyl (C=O) groups is 1. The molecule has 3 nitrogen and oxygen atoms in total. The van der Waals surface area contributed by atoms with Crippen molar-refractivity contribution in [2.45, 2.75) is 19.3 Å². The zero-order valence-corrected chi connectivity index (χ0v) is 9.55. The number of aryl methyl sites for hydroxylation is 1. The minimum absolute atomic E-state index is 0.00108. The summed E-state index contributed by atoms with van der Waals surface area (Å²) in [6, 6.07) is 3.08. The summed E-state index contributed by atoms with van der Waals surface area (Å²) in [6.45, 7) is 0. The van der Waals surface area contributed by atoms with E-state index in [0.29, 0.717) is 18.4 Å². The SMILES string of the molecule is COc1c(CCCC(=O)O)ccc(Cl)c1F. The van der Waals surface area contributed by atoms with Gasteiger partial charge in [0.05, 0.1) is 12.1 Å². The predicted octanol–water partition coefficient (Wildman–Crippen LogP) is 2.90. The van der Waals surface area contributed by atoms with E-state index in [1.165, 1.54) is 13.2 Å². The highest BCUT2D eigenvalue weighted by molar-refractivity contribution is 6.30. The lowest BCUT2D eigenvalue weighted by Crippen LogP contribution is -1.99. The fourth-order valence-electron chi connectivity index (χ4n) is 1.42. The van der Waals surface area contributed by atoms with Crippen molar-refractivity contribution >= 4 is 17.6 Å². The van der Waals surface area contributed by atoms with Crippen LogP contribution in [-0.4, -0.2) is 18.2 Å². The maximum absolute atomic E-state index is 13.5. The molecule has 0 radical (unpaired) electrons. The van der Waals surface area contributed by atoms with Crippen LogP contribution >= 0.6 is 11.6 Å². The van der Waals surface area contributed by atoms with Crippen molar-refractivity contribution in [2.24, 2.45) is 0 Å². The lowest BCUT2D eigenvalue weighted by atomic mass is 10.1. The van der Waals surface area contributed by atoms with E-state index in [9.17, 15) is 9.18 Å². The Morgan fingerprint density at radius 1 is 1.56 bits per heavy atom. The van der Waals surface area contributed by atoms with Gasteiger partial charge in [-0.15, -0.1) is 0 Å². The Kier molecular flexibility index (Phi) is 4.55. The topological polar surface area (TPSA) is 46.5 Å². The van der Waals surface area contributed by atoms with Gasteiger partial charge in [0.2, 0.25) is 0 Å². The van der Waals surface area contributed by atoms with Gasteiger partial charge in [-0.05, 0) is 24.5 Å². The van der Waals surface area contributed by atoms with E-state index in [4.69, 9.17) is 21.4 Å². The summed E-state index contributed by atoms with van der Waals surface area (Å²) in [7, 11) is 1.36. The molecule has 1 N–H and O–H groups in total. The Hall–Kier alpha value is -1.29. The Balaban J connectivity index is 2.79. The molecular weight excluding hydrogens is 235 g/mol. The maximum Gasteiger partial charge on any atom is 0.303 e. The molecule has 0 fully saturated rings. The molecule has 1 rings (SSSR count). The number of benzene rings is 1. The smallest absolute Gasteiger partial charge is 0.303 e. The Bertz CT molecular complexity index is 393. The van der Waals surface area contributed by atoms with Gasteiger partial charge in [0.15, 0.2) is 11.6 Å². The minimum Gasteiger partial charge on any atom is -0.493 e. The normalized spacial score (nSPS) is 10.2. The van der Waals surface area contributed by atoms with E-state index in [0.717, 1.165) is 0 Å². The van der Waals surface area contributed by atoms with Gasteiger partial charge < -0.3 is 9.84 Å². The average Bonchev–Trinajstić information content (AvgIpc) is 2.23. The number of rotatable bonds is 5. The van der Waals surface area contributed by atoms with Crippen molar-refractivity contribution in [3.63, 3.8) is 0 Å². The zero-order chi connectivity index (χ0) is 12.1. The summed E-state index contributed by atoms with van der Waals surface area (Å²) in [5.74, 6) is -1.37. The fraction of sp³-hybridized carbons (Fsp3) is 0.364. The molecule has 88 valence electrons. The van der Waals surface area contributed by atoms with Crippen molar-refractivity contribution in [1.82, 2.24) is 0 Å². The van der Waals surface area contributed by atoms with Crippen LogP contribution in [-0.2, 0) is 11.2 Å². The summed E-state index contributed by atoms with van der Waals surface area (Å²) in [5.41, 5.74) is 0.630. The van der Waals surface area contributed by atoms with Crippen molar-refractivity contribution in [3.05, 3.63) is 28.5 Å². The van der Waals surface area contributed by atoms with Crippen LogP contribution in [0.2, 0.25) is 5.02 Å². The molecule has 0 spiro atoms. The van der Waals surface area contributed by atoms with Gasteiger partial charge >= 0.3 is 5.97 Å². The minimum atomic E-state index is -0.867. The third-order valence-corrected chi connectivity index (χ3v) is 2.46. The summed E-state index contributed by atoms with van der Waals surface area (Å²) in [5, 5.41) is 8.49. The Morgan fingerprint density at radius 3 is 2.81 bits per heavy atom. The van der Waals surface area contributed by atoms with Gasteiger partial charge in [-0.2, -0.15) is 0 Å². The highest BCUT2D eigenvalue weighted by atomic mass is 35.5. The van der Waals surface area contributed by atoms with Crippen molar-refractivity contribution in [3.8, 4) is 5.75 Å². The molecule has 0 bridgehead atoms. The second kappa shape index (κ2) is 5.70. The zero-order valence-electron chi connectivity index (χ0n) is 8.80. The van der Waals surface area contributed by atoms with Crippen molar-refractivity contribution in [1.29, 1.82) is 0 Å². The van der Waals surface area contributed by atoms with Crippen LogP contribution < -0.4 is 4.74 Å². The standard InChI is InChI=1S/C11H12ClFO3/c1-16-11-7(3-2-4-9(14)15)5-6-8(12)10(11)13/h5-6H,2-4H2,1H3,(H,14,15). The Labute approximate surface area is 97.8 Å². The number of carboxylic acids is 1. The summed E-state index contributed by atoms with van der Waals surface area (Å²) in [6.07, 6.45) is 0.934. The molecule has 0 aliphatic rings. The second-order valence-electron chi connectivity index (χ2n) is 3.30. The maximum atomic E-state index is 13.5. The highest BCUT2D eigenvalue weighted by Gasteiger charge is 2.12. The number of methoxy groups -OCH3 is 1. The fourth-order valence-corrected chi connectivity index (χ4v) is 1.57. The van der Waals surface area contributed by atoms with Gasteiger partial charge in [0.1, 0.15) is 0 Å². The molecule has 16 heavy (non-hydrogen) atoms. The first-order valence-corrected chi connectivity index (χ1v) is 5.16. The van der Waals surface area contributed by atoms with Gasteiger partial charge in [0, 0.05) is 6.42 Å². The molecule has 1 aromatic carbocycles. The van der Waals surface area contributed by atoms with E-state index in [2.05, 4.69) is 0 Å². The lowest BCUT2D eigenvalue weighted by molar-refractivity contribution is -0.137. The average molecular weight is 247 g/mol. The number of halogens is 2. The van der Waals surface area contributed by atoms with Crippen LogP contribution in [0, 0.1) is 5.82 Å². The molecule has 0 amide bonds. The molecule has 0 unspecified atom stereocenters. The summed E-state index contributed by atoms with van der Waals surface area (Å²) in [4.78, 5) is 10.3. The van der Waals surface area contributed by atoms with Crippen molar-refractivity contribution in [2.75, 3.05) is 7.11 Å². The van der Waals surface area contributed by atoms with E-state index < -0.39 is 11.8 Å². The molecule has 0 aliphatic heterocycles. The number of ether oxygens (including phenoxy) is 1. The van der Waals surface area contributed by atoms with E-state index in [-0.39, 0.29) is 17.2 Å². The molecule has 0 heterocycles. The first kappa shape index (κ1) is 12.8. The molecule has 5 heteroatoms. The number of hydrogen-bond donors (Lipinski definition) is 1. The molecule has 0 aliphatic carbocycles. The molecule has 0 saturated carbocycles. The van der Waals surface area contributed by atoms with Crippen LogP contribution in [0.3, 0.4) is 0 Å². The van der Waals surface area contributed by atoms with Crippen LogP contribution in [0.15, 0.2) is 12.1 Å².